The summed E-state index contributed by atoms with van der Waals surface area (Å²) in [5.74, 6) is -0.715. The highest BCUT2D eigenvalue weighted by Crippen LogP contribution is 2.18. The van der Waals surface area contributed by atoms with Crippen LogP contribution in [-0.4, -0.2) is 28.5 Å². The van der Waals surface area contributed by atoms with Gasteiger partial charge in [-0.2, -0.15) is 0 Å². The second-order valence-corrected chi connectivity index (χ2v) is 4.06. The third-order valence-electron chi connectivity index (χ3n) is 2.92. The molecule has 0 aliphatic carbocycles. The molecule has 88 valence electrons. The van der Waals surface area contributed by atoms with Gasteiger partial charge in [0.25, 0.3) is 0 Å². The molecule has 1 aromatic rings. The Kier molecular flexibility index (Phi) is 3.04. The molecule has 0 bridgehead atoms. The number of hydrogen-bond donors (Lipinski definition) is 0. The number of ketones is 1. The molecule has 1 unspecified atom stereocenters. The van der Waals surface area contributed by atoms with Crippen molar-refractivity contribution in [3.8, 4) is 0 Å². The van der Waals surface area contributed by atoms with Crippen LogP contribution in [0.15, 0.2) is 30.3 Å². The normalized spacial score (nSPS) is 17.4. The first-order chi connectivity index (χ1) is 8.11. The zero-order chi connectivity index (χ0) is 12.4. The maximum Gasteiger partial charge on any atom is 0.230 e. The fourth-order valence-corrected chi connectivity index (χ4v) is 1.99. The van der Waals surface area contributed by atoms with Crippen molar-refractivity contribution < 1.29 is 14.4 Å². The van der Waals surface area contributed by atoms with Crippen LogP contribution in [0.2, 0.25) is 0 Å². The fourth-order valence-electron chi connectivity index (χ4n) is 1.99. The summed E-state index contributed by atoms with van der Waals surface area (Å²) in [6.45, 7) is 1.59. The maximum absolute atomic E-state index is 12.1. The summed E-state index contributed by atoms with van der Waals surface area (Å²) < 4.78 is 0. The minimum atomic E-state index is -0.708. The number of rotatable bonds is 3. The average molecular weight is 231 g/mol. The second kappa shape index (κ2) is 4.49. The lowest BCUT2D eigenvalue weighted by Gasteiger charge is -2.21. The molecule has 17 heavy (non-hydrogen) atoms. The Labute approximate surface area is 99.2 Å². The number of imide groups is 1. The lowest BCUT2D eigenvalue weighted by molar-refractivity contribution is -0.139. The van der Waals surface area contributed by atoms with Gasteiger partial charge in [0, 0.05) is 18.4 Å². The van der Waals surface area contributed by atoms with E-state index in [0.29, 0.717) is 5.56 Å². The monoisotopic (exact) mass is 231 g/mol. The topological polar surface area (TPSA) is 54.5 Å². The van der Waals surface area contributed by atoms with Crippen LogP contribution >= 0.6 is 0 Å². The minimum Gasteiger partial charge on any atom is -0.292 e. The largest absolute Gasteiger partial charge is 0.292 e. The van der Waals surface area contributed by atoms with Crippen molar-refractivity contribution in [2.75, 3.05) is 0 Å². The van der Waals surface area contributed by atoms with Gasteiger partial charge in [-0.05, 0) is 6.92 Å². The van der Waals surface area contributed by atoms with Crippen LogP contribution in [0, 0.1) is 0 Å². The van der Waals surface area contributed by atoms with Gasteiger partial charge in [-0.3, -0.25) is 19.3 Å². The van der Waals surface area contributed by atoms with Gasteiger partial charge in [0.05, 0.1) is 6.04 Å². The number of Topliss-reactive ketones (excluding diaryl/α,β-unsaturated/α-hetero) is 1. The number of carbonyl (C=O) groups excluding carboxylic acids is 3. The minimum absolute atomic E-state index is 0.200. The highest BCUT2D eigenvalue weighted by molar-refractivity contribution is 6.09. The molecular weight excluding hydrogens is 218 g/mol. The van der Waals surface area contributed by atoms with Crippen LogP contribution in [0.5, 0.6) is 0 Å². The molecule has 1 atom stereocenters. The number of nitrogens with zero attached hydrogens (tertiary/aromatic N) is 1. The Morgan fingerprint density at radius 2 is 1.65 bits per heavy atom. The molecule has 2 rings (SSSR count). The molecule has 1 fully saturated rings. The highest BCUT2D eigenvalue weighted by Gasteiger charge is 2.36. The van der Waals surface area contributed by atoms with E-state index in [0.717, 1.165) is 4.90 Å². The zero-order valence-corrected chi connectivity index (χ0v) is 9.55. The Morgan fingerprint density at radius 1 is 1.12 bits per heavy atom. The molecule has 1 saturated heterocycles. The number of likely N-dealkylation sites (tertiary alicyclic amines) is 1. The number of hydrogen-bond acceptors (Lipinski definition) is 3. The van der Waals surface area contributed by atoms with Gasteiger partial charge in [-0.25, -0.2) is 0 Å². The third-order valence-corrected chi connectivity index (χ3v) is 2.92. The summed E-state index contributed by atoms with van der Waals surface area (Å²) in [4.78, 5) is 36.2. The maximum atomic E-state index is 12.1. The molecule has 1 aromatic carbocycles. The van der Waals surface area contributed by atoms with Crippen LogP contribution in [0.25, 0.3) is 0 Å². The van der Waals surface area contributed by atoms with Gasteiger partial charge in [0.2, 0.25) is 11.8 Å². The van der Waals surface area contributed by atoms with Crippen molar-refractivity contribution in [3.63, 3.8) is 0 Å². The molecule has 4 heteroatoms. The summed E-state index contributed by atoms with van der Waals surface area (Å²) in [5.41, 5.74) is 0.521. The van der Waals surface area contributed by atoms with Gasteiger partial charge in [-0.15, -0.1) is 0 Å². The van der Waals surface area contributed by atoms with Crippen molar-refractivity contribution in [3.05, 3.63) is 35.9 Å². The molecule has 4 nitrogen and oxygen atoms in total. The Bertz CT molecular complexity index is 451. The summed E-state index contributed by atoms with van der Waals surface area (Å²) in [6.07, 6.45) is 0.427. The van der Waals surface area contributed by atoms with E-state index >= 15 is 0 Å². The summed E-state index contributed by atoms with van der Waals surface area (Å²) in [6, 6.07) is 7.99. The lowest BCUT2D eigenvalue weighted by atomic mass is 10.0. The fraction of sp³-hybridized carbons (Fsp3) is 0.308. The first kappa shape index (κ1) is 11.5. The van der Waals surface area contributed by atoms with E-state index in [1.807, 2.05) is 6.07 Å². The Balaban J connectivity index is 2.21. The first-order valence-corrected chi connectivity index (χ1v) is 5.55. The number of amides is 2. The average Bonchev–Trinajstić information content (AvgIpc) is 2.68. The Morgan fingerprint density at radius 3 is 2.18 bits per heavy atom. The van der Waals surface area contributed by atoms with Gasteiger partial charge >= 0.3 is 0 Å². The van der Waals surface area contributed by atoms with E-state index in [2.05, 4.69) is 0 Å². The molecular formula is C13H13NO3. The quantitative estimate of drug-likeness (QED) is 0.583. The summed E-state index contributed by atoms with van der Waals surface area (Å²) >= 11 is 0. The predicted molar refractivity (Wildman–Crippen MR) is 61.3 cm³/mol. The van der Waals surface area contributed by atoms with Crippen LogP contribution in [-0.2, 0) is 9.59 Å². The predicted octanol–water partition coefficient (Wildman–Crippen LogP) is 1.41. The SMILES string of the molecule is CC(C(=O)c1ccccc1)N1C(=O)CCC1=O. The van der Waals surface area contributed by atoms with Gasteiger partial charge in [0.1, 0.15) is 0 Å². The molecule has 1 aliphatic heterocycles. The van der Waals surface area contributed by atoms with Crippen molar-refractivity contribution in [2.24, 2.45) is 0 Å². The molecule has 2 amide bonds. The summed E-state index contributed by atoms with van der Waals surface area (Å²) in [5, 5.41) is 0. The molecule has 1 aliphatic rings. The standard InChI is InChI=1S/C13H13NO3/c1-9(14-11(15)7-8-12(14)16)13(17)10-5-3-2-4-6-10/h2-6,9H,7-8H2,1H3. The van der Waals surface area contributed by atoms with Gasteiger partial charge in [0.15, 0.2) is 5.78 Å². The molecule has 0 aromatic heterocycles. The molecule has 0 N–H and O–H groups in total. The van der Waals surface area contributed by atoms with E-state index < -0.39 is 6.04 Å². The molecule has 1 heterocycles. The molecule has 0 radical (unpaired) electrons. The van der Waals surface area contributed by atoms with Crippen LogP contribution in [0.4, 0.5) is 0 Å². The van der Waals surface area contributed by atoms with Gasteiger partial charge in [-0.1, -0.05) is 30.3 Å². The van der Waals surface area contributed by atoms with Crippen molar-refractivity contribution in [1.82, 2.24) is 4.90 Å². The van der Waals surface area contributed by atoms with Crippen LogP contribution in [0.3, 0.4) is 0 Å². The number of carbonyl (C=O) groups is 3. The zero-order valence-electron chi connectivity index (χ0n) is 9.55. The highest BCUT2D eigenvalue weighted by atomic mass is 16.2. The Hall–Kier alpha value is -1.97. The van der Waals surface area contributed by atoms with E-state index in [4.69, 9.17) is 0 Å². The van der Waals surface area contributed by atoms with Crippen LogP contribution < -0.4 is 0 Å². The van der Waals surface area contributed by atoms with Crippen molar-refractivity contribution in [1.29, 1.82) is 0 Å². The smallest absolute Gasteiger partial charge is 0.230 e. The lowest BCUT2D eigenvalue weighted by Crippen LogP contribution is -2.42. The van der Waals surface area contributed by atoms with E-state index in [1.54, 1.807) is 31.2 Å². The van der Waals surface area contributed by atoms with Gasteiger partial charge < -0.3 is 0 Å². The molecule has 0 saturated carbocycles. The molecule has 0 spiro atoms. The first-order valence-electron chi connectivity index (χ1n) is 5.55. The second-order valence-electron chi connectivity index (χ2n) is 4.06. The van der Waals surface area contributed by atoms with Crippen molar-refractivity contribution in [2.45, 2.75) is 25.8 Å². The van der Waals surface area contributed by atoms with Crippen LogP contribution in [0.1, 0.15) is 30.1 Å². The number of benzene rings is 1. The summed E-state index contributed by atoms with van der Waals surface area (Å²) in [7, 11) is 0. The van der Waals surface area contributed by atoms with E-state index in [-0.39, 0.29) is 30.4 Å². The van der Waals surface area contributed by atoms with Crippen molar-refractivity contribution >= 4 is 17.6 Å². The van der Waals surface area contributed by atoms with E-state index in [9.17, 15) is 14.4 Å². The third kappa shape index (κ3) is 2.11. The van der Waals surface area contributed by atoms with E-state index in [1.165, 1.54) is 0 Å².